The van der Waals surface area contributed by atoms with Gasteiger partial charge in [-0.15, -0.1) is 0 Å². The Balaban J connectivity index is 1.33. The standard InChI is InChI=1S/C21H28N4O2/c1-27-19-8-3-2-7-18(19)23-21(26)24-12-9-17(10-13-24)20-22-11-14-25(20)15-16-5-4-6-16/h2-3,7-8,11,14,16-17H,4-6,9-10,12-13,15H2,1H3,(H,23,26). The van der Waals surface area contributed by atoms with E-state index < -0.39 is 0 Å². The molecular weight excluding hydrogens is 340 g/mol. The summed E-state index contributed by atoms with van der Waals surface area (Å²) in [7, 11) is 1.61. The van der Waals surface area contributed by atoms with Gasteiger partial charge in [0.2, 0.25) is 0 Å². The van der Waals surface area contributed by atoms with Crippen LogP contribution in [0.2, 0.25) is 0 Å². The van der Waals surface area contributed by atoms with E-state index in [2.05, 4.69) is 21.1 Å². The van der Waals surface area contributed by atoms with Crippen LogP contribution < -0.4 is 10.1 Å². The van der Waals surface area contributed by atoms with Crippen LogP contribution in [0.5, 0.6) is 5.75 Å². The molecule has 144 valence electrons. The highest BCUT2D eigenvalue weighted by Crippen LogP contribution is 2.32. The normalized spacial score (nSPS) is 18.2. The van der Waals surface area contributed by atoms with Gasteiger partial charge in [0.05, 0.1) is 12.8 Å². The molecule has 1 N–H and O–H groups in total. The first-order valence-corrected chi connectivity index (χ1v) is 9.94. The molecule has 2 fully saturated rings. The summed E-state index contributed by atoms with van der Waals surface area (Å²) in [6.07, 6.45) is 10.0. The Morgan fingerprint density at radius 2 is 2.00 bits per heavy atom. The number of imidazole rings is 1. The lowest BCUT2D eigenvalue weighted by Gasteiger charge is -2.33. The molecule has 6 nitrogen and oxygen atoms in total. The molecule has 6 heteroatoms. The lowest BCUT2D eigenvalue weighted by atomic mass is 9.85. The van der Waals surface area contributed by atoms with Gasteiger partial charge in [0.25, 0.3) is 0 Å². The maximum atomic E-state index is 12.6. The van der Waals surface area contributed by atoms with Crippen LogP contribution in [0, 0.1) is 5.92 Å². The molecular formula is C21H28N4O2. The van der Waals surface area contributed by atoms with E-state index in [1.165, 1.54) is 25.1 Å². The zero-order valence-electron chi connectivity index (χ0n) is 15.9. The van der Waals surface area contributed by atoms with Gasteiger partial charge < -0.3 is 19.5 Å². The average molecular weight is 368 g/mol. The van der Waals surface area contributed by atoms with Crippen molar-refractivity contribution in [2.45, 2.75) is 44.6 Å². The molecule has 0 unspecified atom stereocenters. The number of rotatable bonds is 5. The van der Waals surface area contributed by atoms with Crippen LogP contribution in [0.3, 0.4) is 0 Å². The minimum atomic E-state index is -0.0595. The molecule has 2 heterocycles. The van der Waals surface area contributed by atoms with E-state index in [1.54, 1.807) is 7.11 Å². The zero-order valence-corrected chi connectivity index (χ0v) is 15.9. The third-order valence-corrected chi connectivity index (χ3v) is 5.92. The third kappa shape index (κ3) is 3.94. The Morgan fingerprint density at radius 3 is 2.70 bits per heavy atom. The fourth-order valence-electron chi connectivity index (χ4n) is 4.07. The van der Waals surface area contributed by atoms with Crippen LogP contribution in [-0.2, 0) is 6.54 Å². The topological polar surface area (TPSA) is 59.4 Å². The maximum absolute atomic E-state index is 12.6. The summed E-state index contributed by atoms with van der Waals surface area (Å²) in [5.41, 5.74) is 0.711. The lowest BCUT2D eigenvalue weighted by molar-refractivity contribution is 0.192. The predicted octanol–water partition coefficient (Wildman–Crippen LogP) is 4.10. The number of methoxy groups -OCH3 is 1. The molecule has 1 aliphatic heterocycles. The Labute approximate surface area is 160 Å². The predicted molar refractivity (Wildman–Crippen MR) is 105 cm³/mol. The van der Waals surface area contributed by atoms with Crippen LogP contribution >= 0.6 is 0 Å². The Hall–Kier alpha value is -2.50. The molecule has 4 rings (SSSR count). The van der Waals surface area contributed by atoms with Gasteiger partial charge in [-0.05, 0) is 43.7 Å². The smallest absolute Gasteiger partial charge is 0.321 e. The molecule has 0 radical (unpaired) electrons. The number of benzene rings is 1. The first-order chi connectivity index (χ1) is 13.2. The fraction of sp³-hybridized carbons (Fsp3) is 0.524. The van der Waals surface area contributed by atoms with Gasteiger partial charge in [0.1, 0.15) is 11.6 Å². The minimum Gasteiger partial charge on any atom is -0.495 e. The Kier molecular flexibility index (Phi) is 5.32. The number of urea groups is 1. The first kappa shape index (κ1) is 17.9. The zero-order chi connectivity index (χ0) is 18.6. The number of hydrogen-bond acceptors (Lipinski definition) is 3. The Morgan fingerprint density at radius 1 is 1.22 bits per heavy atom. The molecule has 1 aromatic heterocycles. The van der Waals surface area contributed by atoms with Crippen molar-refractivity contribution >= 4 is 11.7 Å². The van der Waals surface area contributed by atoms with Gasteiger partial charge in [-0.1, -0.05) is 18.6 Å². The van der Waals surface area contributed by atoms with E-state index in [1.807, 2.05) is 35.4 Å². The van der Waals surface area contributed by atoms with E-state index in [0.717, 1.165) is 38.4 Å². The number of amides is 2. The summed E-state index contributed by atoms with van der Waals surface area (Å²) in [6.45, 7) is 2.60. The van der Waals surface area contributed by atoms with Crippen molar-refractivity contribution in [1.82, 2.24) is 14.5 Å². The van der Waals surface area contributed by atoms with Crippen molar-refractivity contribution in [3.8, 4) is 5.75 Å². The maximum Gasteiger partial charge on any atom is 0.321 e. The molecule has 0 bridgehead atoms. The van der Waals surface area contributed by atoms with Gasteiger partial charge in [-0.25, -0.2) is 9.78 Å². The number of likely N-dealkylation sites (tertiary alicyclic amines) is 1. The second-order valence-electron chi connectivity index (χ2n) is 7.63. The molecule has 2 aliphatic rings. The van der Waals surface area contributed by atoms with Crippen LogP contribution in [0.4, 0.5) is 10.5 Å². The van der Waals surface area contributed by atoms with Crippen LogP contribution in [-0.4, -0.2) is 40.7 Å². The highest BCUT2D eigenvalue weighted by molar-refractivity contribution is 5.91. The van der Waals surface area contributed by atoms with Crippen molar-refractivity contribution in [1.29, 1.82) is 0 Å². The van der Waals surface area contributed by atoms with Gasteiger partial charge in [-0.3, -0.25) is 0 Å². The molecule has 1 aromatic carbocycles. The lowest BCUT2D eigenvalue weighted by Crippen LogP contribution is -2.41. The summed E-state index contributed by atoms with van der Waals surface area (Å²) < 4.78 is 7.66. The molecule has 27 heavy (non-hydrogen) atoms. The van der Waals surface area contributed by atoms with Gasteiger partial charge in [0.15, 0.2) is 0 Å². The van der Waals surface area contributed by atoms with E-state index in [0.29, 0.717) is 17.4 Å². The molecule has 2 aromatic rings. The summed E-state index contributed by atoms with van der Waals surface area (Å²) >= 11 is 0. The summed E-state index contributed by atoms with van der Waals surface area (Å²) in [5.74, 6) is 3.14. The van der Waals surface area contributed by atoms with Crippen molar-refractivity contribution in [3.05, 3.63) is 42.5 Å². The van der Waals surface area contributed by atoms with Crippen molar-refractivity contribution < 1.29 is 9.53 Å². The quantitative estimate of drug-likeness (QED) is 0.864. The Bertz CT molecular complexity index is 776. The minimum absolute atomic E-state index is 0.0595. The fourth-order valence-corrected chi connectivity index (χ4v) is 4.07. The van der Waals surface area contributed by atoms with Gasteiger partial charge in [0, 0.05) is 37.9 Å². The molecule has 1 aliphatic carbocycles. The molecule has 1 saturated heterocycles. The highest BCUT2D eigenvalue weighted by Gasteiger charge is 2.28. The number of para-hydroxylation sites is 2. The second-order valence-corrected chi connectivity index (χ2v) is 7.63. The summed E-state index contributed by atoms with van der Waals surface area (Å²) in [4.78, 5) is 19.2. The number of piperidine rings is 1. The summed E-state index contributed by atoms with van der Waals surface area (Å²) in [5, 5.41) is 2.97. The number of anilines is 1. The van der Waals surface area contributed by atoms with Crippen LogP contribution in [0.15, 0.2) is 36.7 Å². The van der Waals surface area contributed by atoms with Crippen molar-refractivity contribution in [2.75, 3.05) is 25.5 Å². The number of carbonyl (C=O) groups excluding carboxylic acids is 1. The van der Waals surface area contributed by atoms with Crippen LogP contribution in [0.25, 0.3) is 0 Å². The van der Waals surface area contributed by atoms with Crippen LogP contribution in [0.1, 0.15) is 43.8 Å². The molecule has 0 spiro atoms. The van der Waals surface area contributed by atoms with Gasteiger partial charge >= 0.3 is 6.03 Å². The molecule has 2 amide bonds. The molecule has 0 atom stereocenters. The number of carbonyl (C=O) groups is 1. The first-order valence-electron chi connectivity index (χ1n) is 9.94. The van der Waals surface area contributed by atoms with E-state index in [9.17, 15) is 4.79 Å². The SMILES string of the molecule is COc1ccccc1NC(=O)N1CCC(c2nccn2CC2CCC2)CC1. The number of nitrogens with zero attached hydrogens (tertiary/aromatic N) is 3. The van der Waals surface area contributed by atoms with E-state index in [-0.39, 0.29) is 6.03 Å². The second kappa shape index (κ2) is 8.03. The number of hydrogen-bond donors (Lipinski definition) is 1. The van der Waals surface area contributed by atoms with E-state index >= 15 is 0 Å². The molecule has 1 saturated carbocycles. The van der Waals surface area contributed by atoms with Crippen molar-refractivity contribution in [3.63, 3.8) is 0 Å². The number of nitrogens with one attached hydrogen (secondary N) is 1. The van der Waals surface area contributed by atoms with E-state index in [4.69, 9.17) is 4.74 Å². The third-order valence-electron chi connectivity index (χ3n) is 5.92. The number of aromatic nitrogens is 2. The number of ether oxygens (including phenoxy) is 1. The van der Waals surface area contributed by atoms with Gasteiger partial charge in [-0.2, -0.15) is 0 Å². The largest absolute Gasteiger partial charge is 0.495 e. The summed E-state index contributed by atoms with van der Waals surface area (Å²) in [6, 6.07) is 7.44. The monoisotopic (exact) mass is 368 g/mol. The highest BCUT2D eigenvalue weighted by atomic mass is 16.5. The van der Waals surface area contributed by atoms with Crippen molar-refractivity contribution in [2.24, 2.45) is 5.92 Å². The average Bonchev–Trinajstić information content (AvgIpc) is 3.13.